The van der Waals surface area contributed by atoms with Gasteiger partial charge in [0.2, 0.25) is 0 Å². The van der Waals surface area contributed by atoms with E-state index < -0.39 is 0 Å². The SMILES string of the molecule is CC(=O)c1cccc(-c2nc3sc(C)c(C)c3c(=O)[nH]2)c1. The zero-order chi connectivity index (χ0) is 15.1. The zero-order valence-electron chi connectivity index (χ0n) is 12.0. The highest BCUT2D eigenvalue weighted by Gasteiger charge is 2.13. The standard InChI is InChI=1S/C16H14N2O2S/c1-8-10(3)21-16-13(8)15(20)17-14(18-16)12-6-4-5-11(7-12)9(2)19/h4-7H,1-3H3,(H,17,18,20). The van der Waals surface area contributed by atoms with Crippen LogP contribution in [0.3, 0.4) is 0 Å². The van der Waals surface area contributed by atoms with Crippen molar-refractivity contribution < 1.29 is 4.79 Å². The molecule has 0 bridgehead atoms. The molecule has 0 aliphatic heterocycles. The third kappa shape index (κ3) is 2.29. The fourth-order valence-electron chi connectivity index (χ4n) is 2.28. The first-order chi connectivity index (χ1) is 9.97. The van der Waals surface area contributed by atoms with E-state index in [0.717, 1.165) is 20.8 Å². The van der Waals surface area contributed by atoms with Gasteiger partial charge in [0.25, 0.3) is 5.56 Å². The number of aromatic nitrogens is 2. The van der Waals surface area contributed by atoms with Crippen LogP contribution in [0.25, 0.3) is 21.6 Å². The summed E-state index contributed by atoms with van der Waals surface area (Å²) in [7, 11) is 0. The molecule has 5 heteroatoms. The maximum atomic E-state index is 12.3. The maximum absolute atomic E-state index is 12.3. The Morgan fingerprint density at radius 1 is 1.29 bits per heavy atom. The normalized spacial score (nSPS) is 11.0. The molecule has 3 rings (SSSR count). The summed E-state index contributed by atoms with van der Waals surface area (Å²) in [5.41, 5.74) is 2.19. The fraction of sp³-hybridized carbons (Fsp3) is 0.188. The van der Waals surface area contributed by atoms with Crippen molar-refractivity contribution in [1.82, 2.24) is 9.97 Å². The molecule has 2 heterocycles. The summed E-state index contributed by atoms with van der Waals surface area (Å²) in [4.78, 5) is 32.9. The Hall–Kier alpha value is -2.27. The number of aromatic amines is 1. The average Bonchev–Trinajstić information content (AvgIpc) is 2.74. The zero-order valence-corrected chi connectivity index (χ0v) is 12.8. The highest BCUT2D eigenvalue weighted by Crippen LogP contribution is 2.27. The van der Waals surface area contributed by atoms with Gasteiger partial charge in [0.05, 0.1) is 5.39 Å². The van der Waals surface area contributed by atoms with E-state index in [2.05, 4.69) is 9.97 Å². The third-order valence-electron chi connectivity index (χ3n) is 3.58. The first-order valence-corrected chi connectivity index (χ1v) is 7.40. The molecule has 3 aromatic rings. The molecule has 4 nitrogen and oxygen atoms in total. The summed E-state index contributed by atoms with van der Waals surface area (Å²) in [6.07, 6.45) is 0. The first kappa shape index (κ1) is 13.7. The van der Waals surface area contributed by atoms with Crippen molar-refractivity contribution in [2.45, 2.75) is 20.8 Å². The van der Waals surface area contributed by atoms with E-state index in [9.17, 15) is 9.59 Å². The van der Waals surface area contributed by atoms with Crippen LogP contribution < -0.4 is 5.56 Å². The summed E-state index contributed by atoms with van der Waals surface area (Å²) < 4.78 is 0. The van der Waals surface area contributed by atoms with Crippen molar-refractivity contribution in [1.29, 1.82) is 0 Å². The number of Topliss-reactive ketones (excluding diaryl/α,β-unsaturated/α-hetero) is 1. The van der Waals surface area contributed by atoms with E-state index >= 15 is 0 Å². The third-order valence-corrected chi connectivity index (χ3v) is 4.68. The molecule has 21 heavy (non-hydrogen) atoms. The van der Waals surface area contributed by atoms with Gasteiger partial charge in [-0.25, -0.2) is 4.98 Å². The monoisotopic (exact) mass is 298 g/mol. The second-order valence-electron chi connectivity index (χ2n) is 5.01. The van der Waals surface area contributed by atoms with Crippen LogP contribution in [0.4, 0.5) is 0 Å². The summed E-state index contributed by atoms with van der Waals surface area (Å²) in [5.74, 6) is 0.486. The maximum Gasteiger partial charge on any atom is 0.260 e. The molecule has 1 N–H and O–H groups in total. The van der Waals surface area contributed by atoms with Crippen molar-refractivity contribution in [2.75, 3.05) is 0 Å². The lowest BCUT2D eigenvalue weighted by molar-refractivity contribution is 0.101. The van der Waals surface area contributed by atoms with E-state index in [4.69, 9.17) is 0 Å². The van der Waals surface area contributed by atoms with Gasteiger partial charge in [-0.15, -0.1) is 11.3 Å². The summed E-state index contributed by atoms with van der Waals surface area (Å²) in [6, 6.07) is 7.13. The van der Waals surface area contributed by atoms with Crippen LogP contribution in [0.5, 0.6) is 0 Å². The van der Waals surface area contributed by atoms with Gasteiger partial charge >= 0.3 is 0 Å². The molecule has 0 fully saturated rings. The van der Waals surface area contributed by atoms with Crippen molar-refractivity contribution >= 4 is 27.3 Å². The van der Waals surface area contributed by atoms with Crippen LogP contribution >= 0.6 is 11.3 Å². The number of nitrogens with zero attached hydrogens (tertiary/aromatic N) is 1. The van der Waals surface area contributed by atoms with Gasteiger partial charge in [0, 0.05) is 16.0 Å². The van der Waals surface area contributed by atoms with Crippen LogP contribution in [0, 0.1) is 13.8 Å². The molecule has 0 radical (unpaired) electrons. The van der Waals surface area contributed by atoms with Crippen molar-refractivity contribution in [3.63, 3.8) is 0 Å². The molecule has 0 unspecified atom stereocenters. The lowest BCUT2D eigenvalue weighted by atomic mass is 10.1. The topological polar surface area (TPSA) is 62.8 Å². The van der Waals surface area contributed by atoms with E-state index in [1.807, 2.05) is 19.9 Å². The van der Waals surface area contributed by atoms with Gasteiger partial charge < -0.3 is 4.98 Å². The van der Waals surface area contributed by atoms with E-state index in [1.54, 1.807) is 18.2 Å². The van der Waals surface area contributed by atoms with Gasteiger partial charge in [-0.3, -0.25) is 9.59 Å². The highest BCUT2D eigenvalue weighted by molar-refractivity contribution is 7.18. The Bertz CT molecular complexity index is 922. The van der Waals surface area contributed by atoms with Crippen LogP contribution in [0.15, 0.2) is 29.1 Å². The molecule has 0 amide bonds. The van der Waals surface area contributed by atoms with Gasteiger partial charge in [-0.1, -0.05) is 18.2 Å². The van der Waals surface area contributed by atoms with Crippen molar-refractivity contribution in [2.24, 2.45) is 0 Å². The number of aryl methyl sites for hydroxylation is 2. The second kappa shape index (κ2) is 4.93. The molecule has 2 aromatic heterocycles. The molecule has 0 aliphatic rings. The van der Waals surface area contributed by atoms with Crippen molar-refractivity contribution in [3.8, 4) is 11.4 Å². The van der Waals surface area contributed by atoms with Crippen LogP contribution in [-0.4, -0.2) is 15.8 Å². The smallest absolute Gasteiger partial charge is 0.260 e. The lowest BCUT2D eigenvalue weighted by Crippen LogP contribution is -2.09. The number of hydrogen-bond acceptors (Lipinski definition) is 4. The number of fused-ring (bicyclic) bond motifs is 1. The molecule has 106 valence electrons. The number of benzene rings is 1. The highest BCUT2D eigenvalue weighted by atomic mass is 32.1. The fourth-order valence-corrected chi connectivity index (χ4v) is 3.31. The van der Waals surface area contributed by atoms with Crippen molar-refractivity contribution in [3.05, 3.63) is 50.6 Å². The Balaban J connectivity index is 2.24. The summed E-state index contributed by atoms with van der Waals surface area (Å²) in [5, 5.41) is 0.656. The molecule has 0 spiro atoms. The predicted octanol–water partition coefficient (Wildman–Crippen LogP) is 3.47. The Labute approximate surface area is 125 Å². The number of nitrogens with one attached hydrogen (secondary N) is 1. The Morgan fingerprint density at radius 2 is 2.05 bits per heavy atom. The van der Waals surface area contributed by atoms with E-state index in [1.165, 1.54) is 18.3 Å². The molecule has 1 aromatic carbocycles. The number of thiophene rings is 1. The quantitative estimate of drug-likeness (QED) is 0.737. The Morgan fingerprint density at radius 3 is 2.76 bits per heavy atom. The summed E-state index contributed by atoms with van der Waals surface area (Å²) >= 11 is 1.51. The largest absolute Gasteiger partial charge is 0.306 e. The predicted molar refractivity (Wildman–Crippen MR) is 85.2 cm³/mol. The van der Waals surface area contributed by atoms with Gasteiger partial charge in [-0.2, -0.15) is 0 Å². The van der Waals surface area contributed by atoms with E-state index in [-0.39, 0.29) is 11.3 Å². The Kier molecular flexibility index (Phi) is 3.22. The molecular formula is C16H14N2O2S. The molecule has 0 saturated heterocycles. The minimum atomic E-state index is -0.134. The van der Waals surface area contributed by atoms with Gasteiger partial charge in [0.15, 0.2) is 5.78 Å². The van der Waals surface area contributed by atoms with Gasteiger partial charge in [-0.05, 0) is 32.4 Å². The van der Waals surface area contributed by atoms with Crippen LogP contribution in [0.2, 0.25) is 0 Å². The minimum absolute atomic E-state index is 0.0110. The molecule has 0 aliphatic carbocycles. The lowest BCUT2D eigenvalue weighted by Gasteiger charge is -2.03. The number of ketones is 1. The molecule has 0 atom stereocenters. The number of hydrogen-bond donors (Lipinski definition) is 1. The molecule has 0 saturated carbocycles. The minimum Gasteiger partial charge on any atom is -0.306 e. The van der Waals surface area contributed by atoms with Gasteiger partial charge in [0.1, 0.15) is 10.7 Å². The van der Waals surface area contributed by atoms with Crippen LogP contribution in [0.1, 0.15) is 27.7 Å². The number of rotatable bonds is 2. The first-order valence-electron chi connectivity index (χ1n) is 6.59. The average molecular weight is 298 g/mol. The summed E-state index contributed by atoms with van der Waals surface area (Å²) in [6.45, 7) is 5.43. The van der Waals surface area contributed by atoms with E-state index in [0.29, 0.717) is 16.8 Å². The molecular weight excluding hydrogens is 284 g/mol. The number of carbonyl (C=O) groups is 1. The number of H-pyrrole nitrogens is 1. The second-order valence-corrected chi connectivity index (χ2v) is 6.22. The van der Waals surface area contributed by atoms with Crippen LogP contribution in [-0.2, 0) is 0 Å². The number of carbonyl (C=O) groups excluding carboxylic acids is 1.